The summed E-state index contributed by atoms with van der Waals surface area (Å²) in [6.07, 6.45) is 5.22. The molecular weight excluding hydrogens is 276 g/mol. The van der Waals surface area contributed by atoms with Crippen LogP contribution in [0, 0.1) is 0 Å². The molecule has 3 N–H and O–H groups in total. The lowest BCUT2D eigenvalue weighted by atomic mass is 9.80. The summed E-state index contributed by atoms with van der Waals surface area (Å²) in [6, 6.07) is 0.393. The van der Waals surface area contributed by atoms with Crippen LogP contribution >= 0.6 is 0 Å². The van der Waals surface area contributed by atoms with E-state index in [4.69, 9.17) is 0 Å². The van der Waals surface area contributed by atoms with Crippen molar-refractivity contribution in [3.8, 4) is 0 Å². The molecule has 0 radical (unpaired) electrons. The van der Waals surface area contributed by atoms with Crippen LogP contribution in [0.15, 0.2) is 4.99 Å². The van der Waals surface area contributed by atoms with Gasteiger partial charge < -0.3 is 20.6 Å². The average molecular weight is 313 g/mol. The third kappa shape index (κ3) is 6.97. The molecule has 0 bridgehead atoms. The highest BCUT2D eigenvalue weighted by molar-refractivity contribution is 5.80. The Morgan fingerprint density at radius 2 is 1.95 bits per heavy atom. The smallest absolute Gasteiger partial charge is 0.191 e. The maximum atomic E-state index is 10.1. The van der Waals surface area contributed by atoms with Gasteiger partial charge in [0.2, 0.25) is 0 Å². The molecule has 0 spiro atoms. The topological polar surface area (TPSA) is 59.9 Å². The van der Waals surface area contributed by atoms with Crippen molar-refractivity contribution in [2.45, 2.75) is 71.4 Å². The molecule has 0 heterocycles. The number of hydrogen-bond acceptors (Lipinski definition) is 3. The van der Waals surface area contributed by atoms with Crippen LogP contribution in [-0.4, -0.2) is 60.3 Å². The van der Waals surface area contributed by atoms with E-state index in [9.17, 15) is 5.11 Å². The summed E-state index contributed by atoms with van der Waals surface area (Å²) in [7, 11) is 0. The minimum Gasteiger partial charge on any atom is -0.388 e. The number of guanidine groups is 1. The van der Waals surface area contributed by atoms with Gasteiger partial charge in [-0.1, -0.05) is 13.8 Å². The molecule has 5 nitrogen and oxygen atoms in total. The molecule has 0 aromatic rings. The maximum Gasteiger partial charge on any atom is 0.191 e. The quantitative estimate of drug-likeness (QED) is 0.426. The van der Waals surface area contributed by atoms with E-state index in [1.54, 1.807) is 0 Å². The summed E-state index contributed by atoms with van der Waals surface area (Å²) in [4.78, 5) is 7.01. The molecule has 1 aliphatic carbocycles. The number of aliphatic imine (C=N–C) groups is 1. The Morgan fingerprint density at radius 1 is 1.27 bits per heavy atom. The number of hydrogen-bond donors (Lipinski definition) is 3. The molecule has 0 aliphatic heterocycles. The van der Waals surface area contributed by atoms with Gasteiger partial charge >= 0.3 is 0 Å². The molecular formula is C17H36N4O. The highest BCUT2D eigenvalue weighted by Crippen LogP contribution is 2.31. The fourth-order valence-corrected chi connectivity index (χ4v) is 2.76. The van der Waals surface area contributed by atoms with Gasteiger partial charge in [0, 0.05) is 12.6 Å². The van der Waals surface area contributed by atoms with E-state index < -0.39 is 5.60 Å². The Morgan fingerprint density at radius 3 is 2.45 bits per heavy atom. The van der Waals surface area contributed by atoms with Crippen LogP contribution in [0.25, 0.3) is 0 Å². The first-order chi connectivity index (χ1) is 10.5. The fourth-order valence-electron chi connectivity index (χ4n) is 2.76. The van der Waals surface area contributed by atoms with E-state index in [2.05, 4.69) is 48.2 Å². The SMILES string of the molecule is CCNC(=NCC1(O)CCC1)NC(C)CCCN(CC)CC. The van der Waals surface area contributed by atoms with Crippen LogP contribution in [0.4, 0.5) is 0 Å². The highest BCUT2D eigenvalue weighted by Gasteiger charge is 2.34. The Labute approximate surface area is 136 Å². The number of nitrogens with zero attached hydrogens (tertiary/aromatic N) is 2. The Hall–Kier alpha value is -0.810. The number of rotatable bonds is 10. The zero-order valence-corrected chi connectivity index (χ0v) is 15.0. The summed E-state index contributed by atoms with van der Waals surface area (Å²) < 4.78 is 0. The number of aliphatic hydroxyl groups is 1. The minimum absolute atomic E-state index is 0.393. The van der Waals surface area contributed by atoms with Crippen molar-refractivity contribution in [1.82, 2.24) is 15.5 Å². The first-order valence-electron chi connectivity index (χ1n) is 9.02. The summed E-state index contributed by atoms with van der Waals surface area (Å²) in [5.41, 5.74) is -0.547. The lowest BCUT2D eigenvalue weighted by Crippen LogP contribution is -2.45. The van der Waals surface area contributed by atoms with Gasteiger partial charge in [-0.15, -0.1) is 0 Å². The first kappa shape index (κ1) is 19.2. The molecule has 1 atom stereocenters. The van der Waals surface area contributed by atoms with E-state index in [0.717, 1.165) is 57.8 Å². The standard InChI is InChI=1S/C17H36N4O/c1-5-18-16(19-14-17(22)11-9-12-17)20-15(4)10-8-13-21(6-2)7-3/h15,22H,5-14H2,1-4H3,(H2,18,19,20). The molecule has 0 saturated heterocycles. The van der Waals surface area contributed by atoms with E-state index >= 15 is 0 Å². The van der Waals surface area contributed by atoms with Gasteiger partial charge in [-0.25, -0.2) is 0 Å². The summed E-state index contributed by atoms with van der Waals surface area (Å²) in [5, 5.41) is 16.9. The molecule has 1 unspecified atom stereocenters. The predicted octanol–water partition coefficient (Wildman–Crippen LogP) is 1.97. The van der Waals surface area contributed by atoms with Crippen LogP contribution in [0.3, 0.4) is 0 Å². The van der Waals surface area contributed by atoms with Crippen LogP contribution in [-0.2, 0) is 0 Å². The Kier molecular flexibility index (Phi) is 8.79. The third-order valence-corrected chi connectivity index (χ3v) is 4.55. The van der Waals surface area contributed by atoms with Gasteiger partial charge in [0.15, 0.2) is 5.96 Å². The molecule has 1 aliphatic rings. The van der Waals surface area contributed by atoms with Gasteiger partial charge in [-0.05, 0) is 65.6 Å². The van der Waals surface area contributed by atoms with Gasteiger partial charge in [-0.3, -0.25) is 4.99 Å². The zero-order valence-electron chi connectivity index (χ0n) is 15.0. The second kappa shape index (κ2) is 10.1. The van der Waals surface area contributed by atoms with Crippen molar-refractivity contribution in [2.75, 3.05) is 32.7 Å². The second-order valence-electron chi connectivity index (χ2n) is 6.49. The van der Waals surface area contributed by atoms with Crippen molar-refractivity contribution in [2.24, 2.45) is 4.99 Å². The molecule has 5 heteroatoms. The minimum atomic E-state index is -0.547. The molecule has 22 heavy (non-hydrogen) atoms. The lowest BCUT2D eigenvalue weighted by Gasteiger charge is -2.35. The van der Waals surface area contributed by atoms with Crippen LogP contribution < -0.4 is 10.6 Å². The van der Waals surface area contributed by atoms with Gasteiger partial charge in [-0.2, -0.15) is 0 Å². The normalized spacial score (nSPS) is 18.9. The van der Waals surface area contributed by atoms with E-state index in [1.807, 2.05) is 0 Å². The summed E-state index contributed by atoms with van der Waals surface area (Å²) in [6.45, 7) is 13.5. The molecule has 1 fully saturated rings. The van der Waals surface area contributed by atoms with Crippen molar-refractivity contribution in [3.63, 3.8) is 0 Å². The van der Waals surface area contributed by atoms with Gasteiger partial charge in [0.1, 0.15) is 0 Å². The summed E-state index contributed by atoms with van der Waals surface area (Å²) in [5.74, 6) is 0.832. The third-order valence-electron chi connectivity index (χ3n) is 4.55. The fraction of sp³-hybridized carbons (Fsp3) is 0.941. The summed E-state index contributed by atoms with van der Waals surface area (Å²) >= 11 is 0. The largest absolute Gasteiger partial charge is 0.388 e. The number of nitrogens with one attached hydrogen (secondary N) is 2. The van der Waals surface area contributed by atoms with Gasteiger partial charge in [0.05, 0.1) is 12.1 Å². The molecule has 0 aromatic heterocycles. The Balaban J connectivity index is 2.33. The van der Waals surface area contributed by atoms with Crippen molar-refractivity contribution < 1.29 is 5.11 Å². The monoisotopic (exact) mass is 312 g/mol. The van der Waals surface area contributed by atoms with E-state index in [1.165, 1.54) is 6.42 Å². The van der Waals surface area contributed by atoms with Crippen molar-refractivity contribution >= 4 is 5.96 Å². The molecule has 0 aromatic carbocycles. The second-order valence-corrected chi connectivity index (χ2v) is 6.49. The average Bonchev–Trinajstić information content (AvgIpc) is 2.47. The molecule has 0 amide bonds. The van der Waals surface area contributed by atoms with Crippen LogP contribution in [0.1, 0.15) is 59.8 Å². The Bertz CT molecular complexity index is 325. The van der Waals surface area contributed by atoms with Crippen LogP contribution in [0.2, 0.25) is 0 Å². The van der Waals surface area contributed by atoms with Gasteiger partial charge in [0.25, 0.3) is 0 Å². The highest BCUT2D eigenvalue weighted by atomic mass is 16.3. The predicted molar refractivity (Wildman–Crippen MR) is 94.4 cm³/mol. The van der Waals surface area contributed by atoms with E-state index in [-0.39, 0.29) is 0 Å². The maximum absolute atomic E-state index is 10.1. The van der Waals surface area contributed by atoms with E-state index in [0.29, 0.717) is 12.6 Å². The van der Waals surface area contributed by atoms with Crippen molar-refractivity contribution in [3.05, 3.63) is 0 Å². The van der Waals surface area contributed by atoms with Crippen molar-refractivity contribution in [1.29, 1.82) is 0 Å². The zero-order chi connectivity index (χ0) is 16.4. The first-order valence-corrected chi connectivity index (χ1v) is 9.02. The molecule has 1 rings (SSSR count). The molecule has 130 valence electrons. The van der Waals surface area contributed by atoms with Crippen LogP contribution in [0.5, 0.6) is 0 Å². The molecule has 1 saturated carbocycles. The lowest BCUT2D eigenvalue weighted by molar-refractivity contribution is -0.0236.